The molecular formula is C21H24ClN7. The van der Waals surface area contributed by atoms with Gasteiger partial charge < -0.3 is 14.7 Å². The van der Waals surface area contributed by atoms with Crippen molar-refractivity contribution < 1.29 is 0 Å². The summed E-state index contributed by atoms with van der Waals surface area (Å²) < 4.78 is 1.82. The van der Waals surface area contributed by atoms with Gasteiger partial charge in [0.25, 0.3) is 0 Å². The van der Waals surface area contributed by atoms with Gasteiger partial charge in [0, 0.05) is 51.5 Å². The third-order valence-corrected chi connectivity index (χ3v) is 6.00. The van der Waals surface area contributed by atoms with Crippen LogP contribution in [-0.2, 0) is 13.0 Å². The molecule has 0 aliphatic carbocycles. The summed E-state index contributed by atoms with van der Waals surface area (Å²) in [6.07, 6.45) is 6.19. The fourth-order valence-corrected chi connectivity index (χ4v) is 4.18. The summed E-state index contributed by atoms with van der Waals surface area (Å²) in [6, 6.07) is 8.64. The summed E-state index contributed by atoms with van der Waals surface area (Å²) in [7, 11) is 2.17. The third kappa shape index (κ3) is 3.80. The van der Waals surface area contributed by atoms with E-state index in [9.17, 15) is 0 Å². The number of hydrogen-bond donors (Lipinski definition) is 0. The summed E-state index contributed by atoms with van der Waals surface area (Å²) in [5.41, 5.74) is 3.72. The Hall–Kier alpha value is -2.64. The Morgan fingerprint density at radius 2 is 1.69 bits per heavy atom. The van der Waals surface area contributed by atoms with E-state index in [1.54, 1.807) is 12.5 Å². The maximum Gasteiger partial charge on any atom is 0.134 e. The number of anilines is 2. The van der Waals surface area contributed by atoms with E-state index in [1.807, 2.05) is 10.9 Å². The second-order valence-electron chi connectivity index (χ2n) is 7.75. The number of halogens is 1. The van der Waals surface area contributed by atoms with Crippen molar-refractivity contribution in [3.05, 3.63) is 59.1 Å². The highest BCUT2D eigenvalue weighted by Crippen LogP contribution is 2.27. The van der Waals surface area contributed by atoms with E-state index in [-0.39, 0.29) is 0 Å². The molecule has 150 valence electrons. The van der Waals surface area contributed by atoms with E-state index in [2.05, 4.69) is 61.1 Å². The number of fused-ring (bicyclic) bond motifs is 1. The number of aromatic nitrogens is 4. The number of benzene rings is 1. The Morgan fingerprint density at radius 3 is 2.45 bits per heavy atom. The molecule has 1 aromatic carbocycles. The standard InChI is InChI=1S/C21H24ClN7/c1-26-6-8-27(9-7-26)20-11-21(24-15-23-20)28-5-4-16-2-3-19(10-17(16)13-28)29-14-18(22)12-25-29/h2-3,10-12,14-15H,4-9,13H2,1H3. The maximum atomic E-state index is 6.03. The average Bonchev–Trinajstić information content (AvgIpc) is 3.20. The van der Waals surface area contributed by atoms with Gasteiger partial charge in [-0.25, -0.2) is 14.6 Å². The molecule has 29 heavy (non-hydrogen) atoms. The van der Waals surface area contributed by atoms with E-state index in [4.69, 9.17) is 11.6 Å². The van der Waals surface area contributed by atoms with Gasteiger partial charge in [-0.2, -0.15) is 5.10 Å². The lowest BCUT2D eigenvalue weighted by atomic mass is 9.99. The number of rotatable bonds is 3. The first kappa shape index (κ1) is 18.4. The van der Waals surface area contributed by atoms with Gasteiger partial charge in [-0.1, -0.05) is 17.7 Å². The highest BCUT2D eigenvalue weighted by Gasteiger charge is 2.21. The molecule has 2 aliphatic rings. The van der Waals surface area contributed by atoms with Crippen molar-refractivity contribution in [1.82, 2.24) is 24.6 Å². The maximum absolute atomic E-state index is 6.03. The fraction of sp³-hybridized carbons (Fsp3) is 0.381. The molecule has 8 heteroatoms. The van der Waals surface area contributed by atoms with Crippen LogP contribution in [0, 0.1) is 0 Å². The molecule has 0 atom stereocenters. The Balaban J connectivity index is 1.37. The molecule has 3 aromatic rings. The second-order valence-corrected chi connectivity index (χ2v) is 8.19. The van der Waals surface area contributed by atoms with Crippen LogP contribution in [-0.4, -0.2) is 64.4 Å². The number of hydrogen-bond acceptors (Lipinski definition) is 6. The van der Waals surface area contributed by atoms with E-state index in [1.165, 1.54) is 11.1 Å². The lowest BCUT2D eigenvalue weighted by Gasteiger charge is -2.34. The third-order valence-electron chi connectivity index (χ3n) is 5.81. The van der Waals surface area contributed by atoms with Gasteiger partial charge in [-0.05, 0) is 36.7 Å². The SMILES string of the molecule is CN1CCN(c2cc(N3CCc4ccc(-n5cc(Cl)cn5)cc4C3)ncn2)CC1. The summed E-state index contributed by atoms with van der Waals surface area (Å²) in [5, 5.41) is 4.96. The van der Waals surface area contributed by atoms with Crippen LogP contribution in [0.4, 0.5) is 11.6 Å². The number of nitrogens with zero attached hydrogens (tertiary/aromatic N) is 7. The zero-order valence-corrected chi connectivity index (χ0v) is 17.3. The zero-order chi connectivity index (χ0) is 19.8. The summed E-state index contributed by atoms with van der Waals surface area (Å²) in [4.78, 5) is 16.1. The van der Waals surface area contributed by atoms with E-state index >= 15 is 0 Å². The number of piperazine rings is 1. The molecule has 1 fully saturated rings. The molecule has 0 amide bonds. The van der Waals surface area contributed by atoms with Crippen LogP contribution in [0.2, 0.25) is 5.02 Å². The summed E-state index contributed by atoms with van der Waals surface area (Å²) >= 11 is 6.03. The minimum atomic E-state index is 0.641. The first-order chi connectivity index (χ1) is 14.2. The summed E-state index contributed by atoms with van der Waals surface area (Å²) in [5.74, 6) is 2.01. The van der Waals surface area contributed by atoms with E-state index in [0.29, 0.717) is 5.02 Å². The van der Waals surface area contributed by atoms with Gasteiger partial charge in [0.15, 0.2) is 0 Å². The Labute approximate surface area is 175 Å². The van der Waals surface area contributed by atoms with Crippen LogP contribution in [0.15, 0.2) is 43.0 Å². The molecule has 0 N–H and O–H groups in total. The van der Waals surface area contributed by atoms with Gasteiger partial charge >= 0.3 is 0 Å². The monoisotopic (exact) mass is 409 g/mol. The topological polar surface area (TPSA) is 53.3 Å². The molecule has 0 saturated carbocycles. The van der Waals surface area contributed by atoms with Crippen LogP contribution in [0.1, 0.15) is 11.1 Å². The minimum absolute atomic E-state index is 0.641. The van der Waals surface area contributed by atoms with E-state index in [0.717, 1.165) is 63.0 Å². The largest absolute Gasteiger partial charge is 0.354 e. The zero-order valence-electron chi connectivity index (χ0n) is 16.5. The van der Waals surface area contributed by atoms with Crippen molar-refractivity contribution in [2.45, 2.75) is 13.0 Å². The molecule has 0 unspecified atom stereocenters. The Kier molecular flexibility index (Phi) is 4.85. The lowest BCUT2D eigenvalue weighted by molar-refractivity contribution is 0.312. The predicted molar refractivity (Wildman–Crippen MR) is 115 cm³/mol. The molecule has 1 saturated heterocycles. The van der Waals surface area contributed by atoms with Gasteiger partial charge in [-0.15, -0.1) is 0 Å². The van der Waals surface area contributed by atoms with Crippen LogP contribution in [0.25, 0.3) is 5.69 Å². The van der Waals surface area contributed by atoms with Crippen molar-refractivity contribution in [2.24, 2.45) is 0 Å². The van der Waals surface area contributed by atoms with Crippen LogP contribution in [0.3, 0.4) is 0 Å². The highest BCUT2D eigenvalue weighted by atomic mass is 35.5. The average molecular weight is 410 g/mol. The van der Waals surface area contributed by atoms with Crippen LogP contribution in [0.5, 0.6) is 0 Å². The minimum Gasteiger partial charge on any atom is -0.354 e. The van der Waals surface area contributed by atoms with Gasteiger partial charge in [0.2, 0.25) is 0 Å². The highest BCUT2D eigenvalue weighted by molar-refractivity contribution is 6.30. The molecule has 7 nitrogen and oxygen atoms in total. The Bertz CT molecular complexity index is 1010. The van der Waals surface area contributed by atoms with Crippen LogP contribution >= 0.6 is 11.6 Å². The smallest absolute Gasteiger partial charge is 0.134 e. The first-order valence-corrected chi connectivity index (χ1v) is 10.4. The molecular weight excluding hydrogens is 386 g/mol. The van der Waals surface area contributed by atoms with Crippen molar-refractivity contribution in [3.63, 3.8) is 0 Å². The van der Waals surface area contributed by atoms with E-state index < -0.39 is 0 Å². The van der Waals surface area contributed by atoms with Gasteiger partial charge in [0.1, 0.15) is 18.0 Å². The van der Waals surface area contributed by atoms with Crippen molar-refractivity contribution in [3.8, 4) is 5.69 Å². The van der Waals surface area contributed by atoms with Crippen LogP contribution < -0.4 is 9.80 Å². The number of likely N-dealkylation sites (N-methyl/N-ethyl adjacent to an activating group) is 1. The first-order valence-electron chi connectivity index (χ1n) is 9.98. The fourth-order valence-electron chi connectivity index (χ4n) is 4.04. The van der Waals surface area contributed by atoms with Crippen molar-refractivity contribution >= 4 is 23.2 Å². The predicted octanol–water partition coefficient (Wildman–Crippen LogP) is 2.63. The Morgan fingerprint density at radius 1 is 0.897 bits per heavy atom. The second kappa shape index (κ2) is 7.65. The van der Waals surface area contributed by atoms with Gasteiger partial charge in [-0.3, -0.25) is 0 Å². The normalized spacial score (nSPS) is 17.4. The quantitative estimate of drug-likeness (QED) is 0.662. The van der Waals surface area contributed by atoms with Gasteiger partial charge in [0.05, 0.1) is 16.9 Å². The summed E-state index contributed by atoms with van der Waals surface area (Å²) in [6.45, 7) is 5.93. The molecule has 2 aliphatic heterocycles. The molecule has 0 radical (unpaired) electrons. The molecule has 0 bridgehead atoms. The molecule has 5 rings (SSSR count). The molecule has 4 heterocycles. The van der Waals surface area contributed by atoms with Crippen molar-refractivity contribution in [1.29, 1.82) is 0 Å². The lowest BCUT2D eigenvalue weighted by Crippen LogP contribution is -2.45. The molecule has 0 spiro atoms. The van der Waals surface area contributed by atoms with Crippen molar-refractivity contribution in [2.75, 3.05) is 49.6 Å². The molecule has 2 aromatic heterocycles.